The van der Waals surface area contributed by atoms with Gasteiger partial charge in [0.25, 0.3) is 0 Å². The monoisotopic (exact) mass is 171 g/mol. The van der Waals surface area contributed by atoms with Crippen LogP contribution in [0.25, 0.3) is 0 Å². The number of hydrogen-bond donors (Lipinski definition) is 1. The van der Waals surface area contributed by atoms with E-state index in [0.717, 1.165) is 12.0 Å². The second kappa shape index (κ2) is 4.63. The molecule has 0 aromatic heterocycles. The highest BCUT2D eigenvalue weighted by Gasteiger charge is 2.26. The molecule has 0 aliphatic rings. The molecule has 2 heteroatoms. The van der Waals surface area contributed by atoms with Crippen LogP contribution in [0.5, 0.6) is 0 Å². The van der Waals surface area contributed by atoms with Gasteiger partial charge in [0.15, 0.2) is 0 Å². The van der Waals surface area contributed by atoms with E-state index in [0.29, 0.717) is 6.61 Å². The molecule has 0 aromatic rings. The normalized spacial score (nSPS) is 14.4. The van der Waals surface area contributed by atoms with E-state index in [1.165, 1.54) is 0 Å². The van der Waals surface area contributed by atoms with Crippen LogP contribution in [-0.2, 0) is 4.74 Å². The first kappa shape index (κ1) is 11.7. The summed E-state index contributed by atoms with van der Waals surface area (Å²) >= 11 is 0. The Labute approximate surface area is 75.8 Å². The molecular formula is C10H21NO. The first-order chi connectivity index (χ1) is 5.40. The van der Waals surface area contributed by atoms with Gasteiger partial charge in [0.1, 0.15) is 0 Å². The van der Waals surface area contributed by atoms with Crippen LogP contribution in [0, 0.1) is 0 Å². The van der Waals surface area contributed by atoms with Crippen LogP contribution in [0.15, 0.2) is 12.2 Å². The Balaban J connectivity index is 4.04. The van der Waals surface area contributed by atoms with Gasteiger partial charge in [-0.3, -0.25) is 0 Å². The van der Waals surface area contributed by atoms with E-state index in [9.17, 15) is 0 Å². The molecule has 0 saturated carbocycles. The topological polar surface area (TPSA) is 35.2 Å². The van der Waals surface area contributed by atoms with Gasteiger partial charge < -0.3 is 10.5 Å². The van der Waals surface area contributed by atoms with E-state index in [2.05, 4.69) is 6.58 Å². The van der Waals surface area contributed by atoms with Crippen molar-refractivity contribution in [3.63, 3.8) is 0 Å². The van der Waals surface area contributed by atoms with Crippen LogP contribution < -0.4 is 5.73 Å². The SMILES string of the molecule is C=C(C)CC(N)C(C)(C)OCC. The third kappa shape index (κ3) is 3.88. The zero-order valence-electron chi connectivity index (χ0n) is 8.68. The molecule has 2 N–H and O–H groups in total. The quantitative estimate of drug-likeness (QED) is 0.643. The van der Waals surface area contributed by atoms with E-state index in [-0.39, 0.29) is 11.6 Å². The largest absolute Gasteiger partial charge is 0.374 e. The fraction of sp³-hybridized carbons (Fsp3) is 0.800. The summed E-state index contributed by atoms with van der Waals surface area (Å²) in [4.78, 5) is 0. The molecule has 12 heavy (non-hydrogen) atoms. The Kier molecular flexibility index (Phi) is 4.50. The van der Waals surface area contributed by atoms with Gasteiger partial charge in [-0.2, -0.15) is 0 Å². The molecule has 0 aromatic carbocycles. The third-order valence-corrected chi connectivity index (χ3v) is 1.98. The van der Waals surface area contributed by atoms with E-state index in [1.807, 2.05) is 27.7 Å². The van der Waals surface area contributed by atoms with Crippen molar-refractivity contribution in [2.45, 2.75) is 45.8 Å². The number of nitrogens with two attached hydrogens (primary N) is 1. The standard InChI is InChI=1S/C10H21NO/c1-6-12-10(4,5)9(11)7-8(2)3/h9H,2,6-7,11H2,1,3-5H3. The molecule has 0 amide bonds. The Morgan fingerprint density at radius 2 is 2.08 bits per heavy atom. The maximum absolute atomic E-state index is 5.95. The lowest BCUT2D eigenvalue weighted by Gasteiger charge is -2.31. The minimum absolute atomic E-state index is 0.0370. The van der Waals surface area contributed by atoms with Gasteiger partial charge >= 0.3 is 0 Å². The minimum Gasteiger partial charge on any atom is -0.374 e. The fourth-order valence-electron chi connectivity index (χ4n) is 1.10. The van der Waals surface area contributed by atoms with Gasteiger partial charge in [-0.05, 0) is 34.1 Å². The highest BCUT2D eigenvalue weighted by Crippen LogP contribution is 2.17. The smallest absolute Gasteiger partial charge is 0.0779 e. The maximum Gasteiger partial charge on any atom is 0.0779 e. The highest BCUT2D eigenvalue weighted by molar-refractivity contribution is 4.97. The molecule has 0 heterocycles. The van der Waals surface area contributed by atoms with Crippen molar-refractivity contribution in [3.8, 4) is 0 Å². The lowest BCUT2D eigenvalue weighted by Crippen LogP contribution is -2.45. The highest BCUT2D eigenvalue weighted by atomic mass is 16.5. The Hall–Kier alpha value is -0.340. The lowest BCUT2D eigenvalue weighted by atomic mass is 9.94. The van der Waals surface area contributed by atoms with Gasteiger partial charge in [0.2, 0.25) is 0 Å². The summed E-state index contributed by atoms with van der Waals surface area (Å²) < 4.78 is 5.53. The van der Waals surface area contributed by atoms with Crippen molar-refractivity contribution in [1.82, 2.24) is 0 Å². The molecule has 0 saturated heterocycles. The van der Waals surface area contributed by atoms with Crippen LogP contribution >= 0.6 is 0 Å². The van der Waals surface area contributed by atoms with Gasteiger partial charge in [-0.25, -0.2) is 0 Å². The molecule has 1 atom stereocenters. The third-order valence-electron chi connectivity index (χ3n) is 1.98. The molecule has 0 fully saturated rings. The van der Waals surface area contributed by atoms with Crippen molar-refractivity contribution in [2.75, 3.05) is 6.61 Å². The average Bonchev–Trinajstić information content (AvgIpc) is 1.85. The van der Waals surface area contributed by atoms with Crippen LogP contribution in [0.2, 0.25) is 0 Å². The molecule has 2 nitrogen and oxygen atoms in total. The summed E-state index contributed by atoms with van der Waals surface area (Å²) in [6.07, 6.45) is 0.826. The average molecular weight is 171 g/mol. The van der Waals surface area contributed by atoms with E-state index >= 15 is 0 Å². The predicted molar refractivity (Wildman–Crippen MR) is 53.1 cm³/mol. The van der Waals surface area contributed by atoms with E-state index in [4.69, 9.17) is 10.5 Å². The maximum atomic E-state index is 5.95. The minimum atomic E-state index is -0.242. The molecule has 0 bridgehead atoms. The van der Waals surface area contributed by atoms with Crippen molar-refractivity contribution in [2.24, 2.45) is 5.73 Å². The van der Waals surface area contributed by atoms with E-state index < -0.39 is 0 Å². The van der Waals surface area contributed by atoms with Crippen molar-refractivity contribution in [1.29, 1.82) is 0 Å². The number of rotatable bonds is 5. The molecule has 72 valence electrons. The van der Waals surface area contributed by atoms with Crippen molar-refractivity contribution in [3.05, 3.63) is 12.2 Å². The van der Waals surface area contributed by atoms with Crippen molar-refractivity contribution >= 4 is 0 Å². The summed E-state index contributed by atoms with van der Waals surface area (Å²) in [5.41, 5.74) is 6.82. The first-order valence-electron chi connectivity index (χ1n) is 4.44. The number of ether oxygens (including phenoxy) is 1. The van der Waals surface area contributed by atoms with Crippen LogP contribution in [0.4, 0.5) is 0 Å². The summed E-state index contributed by atoms with van der Waals surface area (Å²) in [5.74, 6) is 0. The first-order valence-corrected chi connectivity index (χ1v) is 4.44. The summed E-state index contributed by atoms with van der Waals surface area (Å²) in [6, 6.07) is 0.0370. The van der Waals surface area contributed by atoms with Gasteiger partial charge in [0.05, 0.1) is 5.60 Å². The summed E-state index contributed by atoms with van der Waals surface area (Å²) in [5, 5.41) is 0. The zero-order chi connectivity index (χ0) is 9.78. The van der Waals surface area contributed by atoms with Crippen LogP contribution in [0.3, 0.4) is 0 Å². The summed E-state index contributed by atoms with van der Waals surface area (Å²) in [6.45, 7) is 12.5. The molecule has 0 rings (SSSR count). The fourth-order valence-corrected chi connectivity index (χ4v) is 1.10. The van der Waals surface area contributed by atoms with Crippen LogP contribution in [-0.4, -0.2) is 18.2 Å². The molecular weight excluding hydrogens is 150 g/mol. The van der Waals surface area contributed by atoms with Gasteiger partial charge in [-0.15, -0.1) is 6.58 Å². The molecule has 0 aliphatic heterocycles. The van der Waals surface area contributed by atoms with Gasteiger partial charge in [0, 0.05) is 12.6 Å². The zero-order valence-corrected chi connectivity index (χ0v) is 8.68. The second-order valence-corrected chi connectivity index (χ2v) is 3.80. The Bertz CT molecular complexity index is 152. The molecule has 0 radical (unpaired) electrons. The van der Waals surface area contributed by atoms with E-state index in [1.54, 1.807) is 0 Å². The van der Waals surface area contributed by atoms with Crippen LogP contribution in [0.1, 0.15) is 34.1 Å². The number of hydrogen-bond acceptors (Lipinski definition) is 2. The summed E-state index contributed by atoms with van der Waals surface area (Å²) in [7, 11) is 0. The molecule has 0 spiro atoms. The predicted octanol–water partition coefficient (Wildman–Crippen LogP) is 2.09. The lowest BCUT2D eigenvalue weighted by molar-refractivity contribution is -0.0287. The molecule has 1 unspecified atom stereocenters. The molecule has 0 aliphatic carbocycles. The van der Waals surface area contributed by atoms with Crippen molar-refractivity contribution < 1.29 is 4.74 Å². The Morgan fingerprint density at radius 1 is 1.58 bits per heavy atom. The van der Waals surface area contributed by atoms with Gasteiger partial charge in [-0.1, -0.05) is 5.57 Å². The second-order valence-electron chi connectivity index (χ2n) is 3.80. The Morgan fingerprint density at radius 3 is 2.42 bits per heavy atom.